The first kappa shape index (κ1) is 22.5. The van der Waals surface area contributed by atoms with Gasteiger partial charge >= 0.3 is 0 Å². The third kappa shape index (κ3) is 4.21. The summed E-state index contributed by atoms with van der Waals surface area (Å²) >= 11 is 0. The number of hydrogen-bond donors (Lipinski definition) is 3. The Morgan fingerprint density at radius 3 is 2.77 bits per heavy atom. The summed E-state index contributed by atoms with van der Waals surface area (Å²) in [6.07, 6.45) is 5.52. The lowest BCUT2D eigenvalue weighted by atomic mass is 10.0. The number of fused-ring (bicyclic) bond motifs is 1. The number of carbonyl (C=O) groups is 3. The number of amides is 3. The molecule has 0 saturated carbocycles. The lowest BCUT2D eigenvalue weighted by Gasteiger charge is -2.17. The van der Waals surface area contributed by atoms with Crippen LogP contribution in [0.15, 0.2) is 42.7 Å². The highest BCUT2D eigenvalue weighted by atomic mass is 19.1. The summed E-state index contributed by atoms with van der Waals surface area (Å²) in [5, 5.41) is 5.59. The van der Waals surface area contributed by atoms with Gasteiger partial charge in [0.05, 0.1) is 11.1 Å². The van der Waals surface area contributed by atoms with E-state index in [1.54, 1.807) is 37.2 Å². The van der Waals surface area contributed by atoms with Crippen LogP contribution in [0, 0.1) is 19.7 Å². The second-order valence-electron chi connectivity index (χ2n) is 8.80. The van der Waals surface area contributed by atoms with Crippen molar-refractivity contribution in [2.75, 3.05) is 11.9 Å². The Balaban J connectivity index is 1.34. The van der Waals surface area contributed by atoms with Crippen LogP contribution in [0.5, 0.6) is 0 Å². The Kier molecular flexibility index (Phi) is 5.68. The zero-order valence-electron chi connectivity index (χ0n) is 19.3. The van der Waals surface area contributed by atoms with Crippen LogP contribution in [0.3, 0.4) is 0 Å². The minimum atomic E-state index is -0.602. The largest absolute Gasteiger partial charge is 0.358 e. The fourth-order valence-electron chi connectivity index (χ4n) is 4.68. The van der Waals surface area contributed by atoms with E-state index in [0.717, 1.165) is 5.56 Å². The highest BCUT2D eigenvalue weighted by molar-refractivity contribution is 6.34. The summed E-state index contributed by atoms with van der Waals surface area (Å²) in [7, 11) is 0. The monoisotopic (exact) mass is 473 g/mol. The number of aromatic nitrogens is 2. The van der Waals surface area contributed by atoms with Gasteiger partial charge in [0.1, 0.15) is 11.9 Å². The zero-order chi connectivity index (χ0) is 24.7. The lowest BCUT2D eigenvalue weighted by Crippen LogP contribution is -2.41. The number of hydrogen-bond acceptors (Lipinski definition) is 4. The number of pyridine rings is 1. The molecule has 1 aromatic carbocycles. The van der Waals surface area contributed by atoms with E-state index in [0.29, 0.717) is 58.8 Å². The Morgan fingerprint density at radius 2 is 2.00 bits per heavy atom. The van der Waals surface area contributed by atoms with Gasteiger partial charge in [0.15, 0.2) is 0 Å². The fraction of sp³-hybridized carbons (Fsp3) is 0.231. The molecule has 0 bridgehead atoms. The first-order valence-corrected chi connectivity index (χ1v) is 11.3. The standard InChI is InChI=1S/C26H24FN5O3/c1-14-22(12-19-18-11-17(27)3-4-20(18)30-24(19)33)29-15(2)23(14)25(34)31-21-7-10-32(26(21)35)13-16-5-8-28-9-6-16/h3-6,8-9,11-12,21,29H,7,10,13H2,1-2H3,(H,30,33)(H,31,34)/t21-/m0/s1. The van der Waals surface area contributed by atoms with Crippen LogP contribution < -0.4 is 10.6 Å². The van der Waals surface area contributed by atoms with Gasteiger partial charge < -0.3 is 20.5 Å². The number of benzene rings is 1. The van der Waals surface area contributed by atoms with Crippen LogP contribution in [0.4, 0.5) is 10.1 Å². The van der Waals surface area contributed by atoms with Gasteiger partial charge in [0, 0.05) is 48.1 Å². The average Bonchev–Trinajstić information content (AvgIpc) is 3.43. The number of anilines is 1. The molecule has 1 saturated heterocycles. The van der Waals surface area contributed by atoms with Crippen molar-refractivity contribution in [1.29, 1.82) is 0 Å². The van der Waals surface area contributed by atoms with E-state index in [-0.39, 0.29) is 17.7 Å². The van der Waals surface area contributed by atoms with Gasteiger partial charge in [-0.2, -0.15) is 0 Å². The number of carbonyl (C=O) groups excluding carboxylic acids is 3. The van der Waals surface area contributed by atoms with Crippen molar-refractivity contribution >= 4 is 35.1 Å². The second kappa shape index (κ2) is 8.83. The molecule has 3 N–H and O–H groups in total. The molecular weight excluding hydrogens is 449 g/mol. The minimum absolute atomic E-state index is 0.121. The molecule has 0 spiro atoms. The molecule has 1 atom stereocenters. The third-order valence-corrected chi connectivity index (χ3v) is 6.48. The summed E-state index contributed by atoms with van der Waals surface area (Å²) in [6, 6.07) is 7.23. The Labute approximate surface area is 201 Å². The van der Waals surface area contributed by atoms with Crippen LogP contribution in [-0.2, 0) is 16.1 Å². The number of halogens is 1. The predicted molar refractivity (Wildman–Crippen MR) is 129 cm³/mol. The topological polar surface area (TPSA) is 107 Å². The second-order valence-corrected chi connectivity index (χ2v) is 8.80. The van der Waals surface area contributed by atoms with E-state index in [2.05, 4.69) is 20.6 Å². The predicted octanol–water partition coefficient (Wildman–Crippen LogP) is 3.19. The van der Waals surface area contributed by atoms with E-state index in [9.17, 15) is 18.8 Å². The molecule has 3 amide bonds. The first-order chi connectivity index (χ1) is 16.8. The van der Waals surface area contributed by atoms with Gasteiger partial charge in [-0.1, -0.05) is 0 Å². The molecule has 4 heterocycles. The van der Waals surface area contributed by atoms with E-state index < -0.39 is 11.9 Å². The van der Waals surface area contributed by atoms with Crippen molar-refractivity contribution in [1.82, 2.24) is 20.2 Å². The molecule has 5 rings (SSSR count). The maximum atomic E-state index is 13.8. The van der Waals surface area contributed by atoms with E-state index in [4.69, 9.17) is 0 Å². The Morgan fingerprint density at radius 1 is 1.23 bits per heavy atom. The maximum absolute atomic E-state index is 13.8. The molecule has 1 fully saturated rings. The zero-order valence-corrected chi connectivity index (χ0v) is 19.3. The summed E-state index contributed by atoms with van der Waals surface area (Å²) in [5.41, 5.74) is 4.56. The summed E-state index contributed by atoms with van der Waals surface area (Å²) in [5.74, 6) is -1.25. The van der Waals surface area contributed by atoms with E-state index in [1.165, 1.54) is 18.2 Å². The van der Waals surface area contributed by atoms with Gasteiger partial charge in [0.2, 0.25) is 5.91 Å². The fourth-order valence-corrected chi connectivity index (χ4v) is 4.68. The van der Waals surface area contributed by atoms with Crippen molar-refractivity contribution in [2.45, 2.75) is 32.9 Å². The first-order valence-electron chi connectivity index (χ1n) is 11.3. The number of aryl methyl sites for hydroxylation is 1. The molecule has 0 radical (unpaired) electrons. The quantitative estimate of drug-likeness (QED) is 0.495. The van der Waals surface area contributed by atoms with Crippen molar-refractivity contribution < 1.29 is 18.8 Å². The molecule has 2 aromatic heterocycles. The molecule has 8 nitrogen and oxygen atoms in total. The third-order valence-electron chi connectivity index (χ3n) is 6.48. The molecule has 2 aliphatic heterocycles. The van der Waals surface area contributed by atoms with Crippen LogP contribution in [0.2, 0.25) is 0 Å². The van der Waals surface area contributed by atoms with Crippen LogP contribution in [0.1, 0.15) is 44.9 Å². The number of nitrogens with one attached hydrogen (secondary N) is 3. The number of nitrogens with zero attached hydrogens (tertiary/aromatic N) is 2. The Hall–Kier alpha value is -4.27. The van der Waals surface area contributed by atoms with Gasteiger partial charge in [-0.05, 0) is 67.8 Å². The lowest BCUT2D eigenvalue weighted by molar-refractivity contribution is -0.129. The molecule has 3 aromatic rings. The molecule has 2 aliphatic rings. The normalized spacial score (nSPS) is 18.2. The van der Waals surface area contributed by atoms with Crippen LogP contribution in [-0.4, -0.2) is 45.2 Å². The Bertz CT molecular complexity index is 1380. The van der Waals surface area contributed by atoms with Crippen molar-refractivity contribution in [3.63, 3.8) is 0 Å². The van der Waals surface area contributed by atoms with Crippen LogP contribution >= 0.6 is 0 Å². The number of rotatable bonds is 5. The smallest absolute Gasteiger partial charge is 0.256 e. The molecule has 0 aliphatic carbocycles. The van der Waals surface area contributed by atoms with Gasteiger partial charge in [-0.15, -0.1) is 0 Å². The average molecular weight is 474 g/mol. The highest BCUT2D eigenvalue weighted by Gasteiger charge is 2.34. The molecule has 9 heteroatoms. The minimum Gasteiger partial charge on any atom is -0.358 e. The van der Waals surface area contributed by atoms with Gasteiger partial charge in [-0.25, -0.2) is 4.39 Å². The summed E-state index contributed by atoms with van der Waals surface area (Å²) in [4.78, 5) is 47.4. The van der Waals surface area contributed by atoms with Crippen molar-refractivity contribution in [3.05, 3.63) is 82.2 Å². The molecule has 0 unspecified atom stereocenters. The van der Waals surface area contributed by atoms with Crippen molar-refractivity contribution in [2.24, 2.45) is 0 Å². The maximum Gasteiger partial charge on any atom is 0.256 e. The highest BCUT2D eigenvalue weighted by Crippen LogP contribution is 2.34. The number of aromatic amines is 1. The number of H-pyrrole nitrogens is 1. The summed E-state index contributed by atoms with van der Waals surface area (Å²) in [6.45, 7) is 4.56. The van der Waals surface area contributed by atoms with E-state index in [1.807, 2.05) is 12.1 Å². The molecule has 178 valence electrons. The van der Waals surface area contributed by atoms with Gasteiger partial charge in [0.25, 0.3) is 11.8 Å². The van der Waals surface area contributed by atoms with Gasteiger partial charge in [-0.3, -0.25) is 19.4 Å². The molecular formula is C26H24FN5O3. The van der Waals surface area contributed by atoms with Crippen LogP contribution in [0.25, 0.3) is 11.6 Å². The van der Waals surface area contributed by atoms with E-state index >= 15 is 0 Å². The SMILES string of the molecule is Cc1[nH]c(C=C2C(=O)Nc3ccc(F)cc32)c(C)c1C(=O)N[C@H]1CCN(Cc2ccncc2)C1=O. The molecule has 35 heavy (non-hydrogen) atoms. The number of likely N-dealkylation sites (tertiary alicyclic amines) is 1. The summed E-state index contributed by atoms with van der Waals surface area (Å²) < 4.78 is 13.8. The van der Waals surface area contributed by atoms with Crippen molar-refractivity contribution in [3.8, 4) is 0 Å².